The highest BCUT2D eigenvalue weighted by molar-refractivity contribution is 8.14. The smallest absolute Gasteiger partial charge is 0.157 e. The SMILES string of the molecule is CN(C)CC(C)(C)CN=C1NC2(CCCCC2)CS1. The highest BCUT2D eigenvalue weighted by Crippen LogP contribution is 2.36. The summed E-state index contributed by atoms with van der Waals surface area (Å²) in [7, 11) is 4.27. The van der Waals surface area contributed by atoms with Crippen LogP contribution in [0.25, 0.3) is 0 Å². The lowest BCUT2D eigenvalue weighted by molar-refractivity contribution is 0.248. The van der Waals surface area contributed by atoms with E-state index in [0.29, 0.717) is 5.54 Å². The molecule has 0 radical (unpaired) electrons. The van der Waals surface area contributed by atoms with Crippen LogP contribution in [0.5, 0.6) is 0 Å². The van der Waals surface area contributed by atoms with Crippen molar-refractivity contribution in [2.24, 2.45) is 10.4 Å². The molecule has 0 aromatic heterocycles. The first kappa shape index (κ1) is 15.2. The average Bonchev–Trinajstić information content (AvgIpc) is 2.69. The topological polar surface area (TPSA) is 27.6 Å². The van der Waals surface area contributed by atoms with Crippen LogP contribution in [0.15, 0.2) is 4.99 Å². The second-order valence-electron chi connectivity index (χ2n) is 7.28. The average molecular weight is 283 g/mol. The third-order valence-electron chi connectivity index (χ3n) is 4.06. The molecule has 2 fully saturated rings. The molecule has 1 aliphatic heterocycles. The minimum absolute atomic E-state index is 0.251. The van der Waals surface area contributed by atoms with E-state index in [1.54, 1.807) is 0 Å². The van der Waals surface area contributed by atoms with Crippen molar-refractivity contribution in [2.45, 2.75) is 51.5 Å². The van der Waals surface area contributed by atoms with Crippen LogP contribution in [0.2, 0.25) is 0 Å². The van der Waals surface area contributed by atoms with Crippen LogP contribution in [-0.4, -0.2) is 48.5 Å². The molecule has 1 N–H and O–H groups in total. The summed E-state index contributed by atoms with van der Waals surface area (Å²) >= 11 is 1.93. The molecule has 1 spiro atoms. The Hall–Kier alpha value is -0.220. The number of amidine groups is 1. The van der Waals surface area contributed by atoms with Gasteiger partial charge in [-0.25, -0.2) is 0 Å². The van der Waals surface area contributed by atoms with Gasteiger partial charge in [0.2, 0.25) is 0 Å². The summed E-state index contributed by atoms with van der Waals surface area (Å²) < 4.78 is 0. The quantitative estimate of drug-likeness (QED) is 0.859. The number of hydrogen-bond donors (Lipinski definition) is 1. The Morgan fingerprint density at radius 1 is 1.26 bits per heavy atom. The number of aliphatic imine (C=N–C) groups is 1. The Labute approximate surface area is 122 Å². The molecule has 0 aromatic carbocycles. The lowest BCUT2D eigenvalue weighted by Crippen LogP contribution is -2.45. The lowest BCUT2D eigenvalue weighted by Gasteiger charge is -2.33. The van der Waals surface area contributed by atoms with Gasteiger partial charge >= 0.3 is 0 Å². The summed E-state index contributed by atoms with van der Waals surface area (Å²) in [6.45, 7) is 6.59. The van der Waals surface area contributed by atoms with Crippen LogP contribution in [0.3, 0.4) is 0 Å². The molecular formula is C15H29N3S. The number of nitrogens with one attached hydrogen (secondary N) is 1. The van der Waals surface area contributed by atoms with Gasteiger partial charge in [0.05, 0.1) is 0 Å². The molecule has 0 atom stereocenters. The first-order valence-corrected chi connectivity index (χ1v) is 8.50. The predicted octanol–water partition coefficient (Wildman–Crippen LogP) is 2.97. The number of nitrogens with zero attached hydrogens (tertiary/aromatic N) is 2. The van der Waals surface area contributed by atoms with Gasteiger partial charge in [-0.05, 0) is 32.4 Å². The second kappa shape index (κ2) is 6.04. The molecule has 0 aromatic rings. The van der Waals surface area contributed by atoms with Gasteiger partial charge in [0.25, 0.3) is 0 Å². The van der Waals surface area contributed by atoms with Crippen molar-refractivity contribution in [3.8, 4) is 0 Å². The van der Waals surface area contributed by atoms with E-state index in [1.807, 2.05) is 11.8 Å². The van der Waals surface area contributed by atoms with Crippen molar-refractivity contribution < 1.29 is 0 Å². The van der Waals surface area contributed by atoms with E-state index in [4.69, 9.17) is 4.99 Å². The summed E-state index contributed by atoms with van der Waals surface area (Å²) in [5.41, 5.74) is 0.633. The van der Waals surface area contributed by atoms with Crippen LogP contribution in [0, 0.1) is 5.41 Å². The maximum Gasteiger partial charge on any atom is 0.157 e. The Morgan fingerprint density at radius 2 is 1.95 bits per heavy atom. The van der Waals surface area contributed by atoms with Gasteiger partial charge in [0.1, 0.15) is 0 Å². The normalized spacial score (nSPS) is 25.2. The van der Waals surface area contributed by atoms with Crippen molar-refractivity contribution in [3.05, 3.63) is 0 Å². The summed E-state index contributed by atoms with van der Waals surface area (Å²) in [6.07, 6.45) is 6.84. The van der Waals surface area contributed by atoms with Gasteiger partial charge in [-0.2, -0.15) is 0 Å². The molecule has 0 unspecified atom stereocenters. The summed E-state index contributed by atoms with van der Waals surface area (Å²) in [6, 6.07) is 0. The molecule has 1 aliphatic carbocycles. The maximum atomic E-state index is 4.84. The van der Waals surface area contributed by atoms with E-state index >= 15 is 0 Å². The van der Waals surface area contributed by atoms with E-state index in [1.165, 1.54) is 43.0 Å². The van der Waals surface area contributed by atoms with Crippen LogP contribution < -0.4 is 5.32 Å². The zero-order valence-electron chi connectivity index (χ0n) is 13.0. The molecule has 1 heterocycles. The first-order chi connectivity index (χ1) is 8.91. The van der Waals surface area contributed by atoms with Crippen LogP contribution in [0.4, 0.5) is 0 Å². The van der Waals surface area contributed by atoms with Crippen molar-refractivity contribution in [3.63, 3.8) is 0 Å². The zero-order chi connectivity index (χ0) is 13.9. The van der Waals surface area contributed by atoms with E-state index in [2.05, 4.69) is 38.2 Å². The Bertz CT molecular complexity index is 330. The molecule has 4 heteroatoms. The lowest BCUT2D eigenvalue weighted by atomic mass is 9.83. The fourth-order valence-electron chi connectivity index (χ4n) is 3.28. The van der Waals surface area contributed by atoms with Crippen LogP contribution >= 0.6 is 11.8 Å². The summed E-state index contributed by atoms with van der Waals surface area (Å²) in [4.78, 5) is 7.09. The molecule has 19 heavy (non-hydrogen) atoms. The highest BCUT2D eigenvalue weighted by Gasteiger charge is 2.38. The minimum atomic E-state index is 0.251. The summed E-state index contributed by atoms with van der Waals surface area (Å²) in [5, 5.41) is 4.92. The van der Waals surface area contributed by atoms with Gasteiger partial charge in [0.15, 0.2) is 5.17 Å². The second-order valence-corrected chi connectivity index (χ2v) is 8.24. The minimum Gasteiger partial charge on any atom is -0.359 e. The molecule has 0 amide bonds. The highest BCUT2D eigenvalue weighted by atomic mass is 32.2. The fraction of sp³-hybridized carbons (Fsp3) is 0.933. The zero-order valence-corrected chi connectivity index (χ0v) is 13.8. The third-order valence-corrected chi connectivity index (χ3v) is 5.26. The van der Waals surface area contributed by atoms with Gasteiger partial charge in [-0.3, -0.25) is 4.99 Å². The number of rotatable bonds is 4. The van der Waals surface area contributed by atoms with Crippen molar-refractivity contribution >= 4 is 16.9 Å². The predicted molar refractivity (Wildman–Crippen MR) is 86.0 cm³/mol. The molecule has 110 valence electrons. The van der Waals surface area contributed by atoms with Crippen LogP contribution in [0.1, 0.15) is 46.0 Å². The first-order valence-electron chi connectivity index (χ1n) is 7.51. The van der Waals surface area contributed by atoms with Gasteiger partial charge in [0, 0.05) is 24.4 Å². The molecule has 1 saturated carbocycles. The van der Waals surface area contributed by atoms with Crippen LogP contribution in [-0.2, 0) is 0 Å². The Morgan fingerprint density at radius 3 is 2.58 bits per heavy atom. The van der Waals surface area contributed by atoms with Gasteiger partial charge in [-0.15, -0.1) is 0 Å². The third kappa shape index (κ3) is 4.38. The number of thioether (sulfide) groups is 1. The van der Waals surface area contributed by atoms with Crippen molar-refractivity contribution in [2.75, 3.05) is 32.9 Å². The largest absolute Gasteiger partial charge is 0.359 e. The Kier molecular flexibility index (Phi) is 4.83. The van der Waals surface area contributed by atoms with E-state index < -0.39 is 0 Å². The molecule has 3 nitrogen and oxygen atoms in total. The number of hydrogen-bond acceptors (Lipinski definition) is 3. The molecule has 1 saturated heterocycles. The fourth-order valence-corrected chi connectivity index (χ4v) is 4.50. The van der Waals surface area contributed by atoms with Crippen molar-refractivity contribution in [1.82, 2.24) is 10.2 Å². The van der Waals surface area contributed by atoms with Gasteiger partial charge < -0.3 is 10.2 Å². The molecule has 2 aliphatic rings. The standard InChI is InChI=1S/C15H29N3S/c1-14(2,11-18(3)4)10-16-13-17-15(12-19-13)8-6-5-7-9-15/h5-12H2,1-4H3,(H,16,17). The summed E-state index contributed by atoms with van der Waals surface area (Å²) in [5.74, 6) is 1.22. The van der Waals surface area contributed by atoms with Crippen molar-refractivity contribution in [1.29, 1.82) is 0 Å². The molecule has 2 rings (SSSR count). The van der Waals surface area contributed by atoms with E-state index in [-0.39, 0.29) is 5.41 Å². The molecule has 0 bridgehead atoms. The van der Waals surface area contributed by atoms with Gasteiger partial charge in [-0.1, -0.05) is 44.9 Å². The van der Waals surface area contributed by atoms with E-state index in [0.717, 1.165) is 13.1 Å². The monoisotopic (exact) mass is 283 g/mol. The van der Waals surface area contributed by atoms with E-state index in [9.17, 15) is 0 Å². The molecular weight excluding hydrogens is 254 g/mol. The Balaban J connectivity index is 1.88. The maximum absolute atomic E-state index is 4.84.